The van der Waals surface area contributed by atoms with Crippen molar-refractivity contribution >= 4 is 11.5 Å². The van der Waals surface area contributed by atoms with E-state index in [1.807, 2.05) is 26.0 Å². The van der Waals surface area contributed by atoms with Crippen molar-refractivity contribution in [3.05, 3.63) is 47.0 Å². The van der Waals surface area contributed by atoms with E-state index in [4.69, 9.17) is 4.74 Å². The number of aromatic nitrogens is 1. The van der Waals surface area contributed by atoms with E-state index < -0.39 is 0 Å². The van der Waals surface area contributed by atoms with Crippen LogP contribution in [0.5, 0.6) is 0 Å². The number of ketones is 1. The first-order valence-electron chi connectivity index (χ1n) is 8.03. The maximum Gasteiger partial charge on any atom is 0.164 e. The Bertz CT molecular complexity index is 610. The molecule has 0 spiro atoms. The van der Waals surface area contributed by atoms with Gasteiger partial charge in [0.2, 0.25) is 0 Å². The van der Waals surface area contributed by atoms with Crippen LogP contribution in [-0.4, -0.2) is 10.8 Å². The van der Waals surface area contributed by atoms with Gasteiger partial charge in [-0.3, -0.25) is 9.78 Å². The number of aryl methyl sites for hydroxylation is 1. The number of hydrogen-bond acceptors (Lipinski definition) is 3. The molecule has 0 N–H and O–H groups in total. The van der Waals surface area contributed by atoms with Crippen molar-refractivity contribution in [2.75, 3.05) is 0 Å². The summed E-state index contributed by atoms with van der Waals surface area (Å²) in [6.07, 6.45) is 7.51. The fourth-order valence-corrected chi connectivity index (χ4v) is 2.46. The number of allylic oxidation sites excluding steroid dienone is 2. The van der Waals surface area contributed by atoms with Gasteiger partial charge in [-0.1, -0.05) is 13.3 Å². The molecule has 1 heterocycles. The van der Waals surface area contributed by atoms with Crippen molar-refractivity contribution in [2.45, 2.75) is 53.4 Å². The third-order valence-electron chi connectivity index (χ3n) is 4.29. The summed E-state index contributed by atoms with van der Waals surface area (Å²) in [5.41, 5.74) is 3.82. The fourth-order valence-electron chi connectivity index (χ4n) is 2.46. The van der Waals surface area contributed by atoms with E-state index in [0.717, 1.165) is 41.9 Å². The van der Waals surface area contributed by atoms with Crippen molar-refractivity contribution in [1.29, 1.82) is 0 Å². The number of pyridine rings is 1. The molecule has 1 aromatic rings. The summed E-state index contributed by atoms with van der Waals surface area (Å²) in [7, 11) is 0. The summed E-state index contributed by atoms with van der Waals surface area (Å²) in [5.74, 6) is 1.27. The zero-order chi connectivity index (χ0) is 16.1. The molecule has 3 nitrogen and oxygen atoms in total. The van der Waals surface area contributed by atoms with Crippen LogP contribution in [0.3, 0.4) is 0 Å². The summed E-state index contributed by atoms with van der Waals surface area (Å²) in [4.78, 5) is 16.4. The first-order chi connectivity index (χ1) is 10.5. The minimum atomic E-state index is 0.211. The van der Waals surface area contributed by atoms with E-state index in [0.29, 0.717) is 5.57 Å². The Morgan fingerprint density at radius 1 is 1.41 bits per heavy atom. The van der Waals surface area contributed by atoms with Crippen LogP contribution in [0.25, 0.3) is 5.76 Å². The van der Waals surface area contributed by atoms with Crippen molar-refractivity contribution < 1.29 is 9.53 Å². The lowest BCUT2D eigenvalue weighted by Crippen LogP contribution is -2.22. The van der Waals surface area contributed by atoms with Crippen molar-refractivity contribution in [2.24, 2.45) is 5.92 Å². The normalized spacial score (nSPS) is 16.8. The molecule has 0 aliphatic heterocycles. The van der Waals surface area contributed by atoms with Gasteiger partial charge in [-0.05, 0) is 57.7 Å². The highest BCUT2D eigenvalue weighted by molar-refractivity contribution is 5.96. The topological polar surface area (TPSA) is 39.2 Å². The number of carbonyl (C=O) groups excluding carboxylic acids is 1. The van der Waals surface area contributed by atoms with Crippen molar-refractivity contribution in [1.82, 2.24) is 4.98 Å². The van der Waals surface area contributed by atoms with Gasteiger partial charge in [-0.25, -0.2) is 0 Å². The Morgan fingerprint density at radius 3 is 2.68 bits per heavy atom. The SMILES string of the molecule is CC/C(C)=C(\O/C=C(\C)C(=O)C1CCC1)c1ccnc(C)c1. The number of nitrogens with zero attached hydrogens (tertiary/aromatic N) is 1. The maximum atomic E-state index is 12.2. The molecule has 0 unspecified atom stereocenters. The van der Waals surface area contributed by atoms with Crippen LogP contribution < -0.4 is 0 Å². The van der Waals surface area contributed by atoms with Crippen LogP contribution in [0.4, 0.5) is 0 Å². The average molecular weight is 299 g/mol. The zero-order valence-corrected chi connectivity index (χ0v) is 14.0. The molecule has 0 aromatic carbocycles. The van der Waals surface area contributed by atoms with Gasteiger partial charge in [0.1, 0.15) is 5.76 Å². The average Bonchev–Trinajstić information content (AvgIpc) is 2.45. The molecule has 1 aromatic heterocycles. The summed E-state index contributed by atoms with van der Waals surface area (Å²) in [6, 6.07) is 3.95. The second-order valence-electron chi connectivity index (χ2n) is 6.06. The molecule has 0 bridgehead atoms. The second kappa shape index (κ2) is 7.39. The van der Waals surface area contributed by atoms with Gasteiger partial charge < -0.3 is 4.74 Å². The smallest absolute Gasteiger partial charge is 0.164 e. The molecule has 118 valence electrons. The predicted octanol–water partition coefficient (Wildman–Crippen LogP) is 4.82. The standard InChI is InChI=1S/C19H25NO2/c1-5-13(2)19(17-9-10-20-15(4)11-17)22-12-14(3)18(21)16-7-6-8-16/h9-12,16H,5-8H2,1-4H3/b14-12+,19-13-. The van der Waals surface area contributed by atoms with Gasteiger partial charge in [-0.2, -0.15) is 0 Å². The summed E-state index contributed by atoms with van der Waals surface area (Å²) < 4.78 is 5.91. The Hall–Kier alpha value is -1.90. The molecule has 0 atom stereocenters. The molecule has 22 heavy (non-hydrogen) atoms. The maximum absolute atomic E-state index is 12.2. The molecule has 1 fully saturated rings. The lowest BCUT2D eigenvalue weighted by Gasteiger charge is -2.23. The van der Waals surface area contributed by atoms with Crippen LogP contribution in [0, 0.1) is 12.8 Å². The number of hydrogen-bond donors (Lipinski definition) is 0. The van der Waals surface area contributed by atoms with Crippen LogP contribution in [0.15, 0.2) is 35.7 Å². The molecule has 0 amide bonds. The van der Waals surface area contributed by atoms with E-state index in [-0.39, 0.29) is 11.7 Å². The van der Waals surface area contributed by atoms with Gasteiger partial charge in [0.15, 0.2) is 5.78 Å². The van der Waals surface area contributed by atoms with Gasteiger partial charge in [0, 0.05) is 28.9 Å². The molecule has 1 saturated carbocycles. The molecule has 1 aliphatic carbocycles. The Labute approximate surface area is 133 Å². The van der Waals surface area contributed by atoms with Gasteiger partial charge >= 0.3 is 0 Å². The molecule has 2 rings (SSSR count). The lowest BCUT2D eigenvalue weighted by atomic mass is 9.80. The summed E-state index contributed by atoms with van der Waals surface area (Å²) in [6.45, 7) is 7.96. The number of rotatable bonds is 6. The van der Waals surface area contributed by atoms with E-state index in [1.165, 1.54) is 6.42 Å². The quantitative estimate of drug-likeness (QED) is 0.558. The largest absolute Gasteiger partial charge is 0.464 e. The van der Waals surface area contributed by atoms with Gasteiger partial charge in [0.05, 0.1) is 6.26 Å². The Morgan fingerprint density at radius 2 is 2.14 bits per heavy atom. The zero-order valence-electron chi connectivity index (χ0n) is 14.0. The van der Waals surface area contributed by atoms with Crippen LogP contribution >= 0.6 is 0 Å². The fraction of sp³-hybridized carbons (Fsp3) is 0.474. The number of ether oxygens (including phenoxy) is 1. The Balaban J connectivity index is 2.19. The highest BCUT2D eigenvalue weighted by Crippen LogP contribution is 2.30. The highest BCUT2D eigenvalue weighted by atomic mass is 16.5. The monoisotopic (exact) mass is 299 g/mol. The first kappa shape index (κ1) is 16.5. The van der Waals surface area contributed by atoms with Crippen LogP contribution in [-0.2, 0) is 9.53 Å². The van der Waals surface area contributed by atoms with Crippen molar-refractivity contribution in [3.8, 4) is 0 Å². The highest BCUT2D eigenvalue weighted by Gasteiger charge is 2.26. The first-order valence-corrected chi connectivity index (χ1v) is 8.03. The van der Waals surface area contributed by atoms with E-state index in [1.54, 1.807) is 12.5 Å². The molecular weight excluding hydrogens is 274 g/mol. The van der Waals surface area contributed by atoms with E-state index in [2.05, 4.69) is 18.8 Å². The summed E-state index contributed by atoms with van der Waals surface area (Å²) >= 11 is 0. The summed E-state index contributed by atoms with van der Waals surface area (Å²) in [5, 5.41) is 0. The number of Topliss-reactive ketones (excluding diaryl/α,β-unsaturated/α-hetero) is 1. The van der Waals surface area contributed by atoms with E-state index in [9.17, 15) is 4.79 Å². The minimum absolute atomic E-state index is 0.211. The minimum Gasteiger partial charge on any atom is -0.464 e. The van der Waals surface area contributed by atoms with Gasteiger partial charge in [0.25, 0.3) is 0 Å². The molecule has 3 heteroatoms. The Kier molecular flexibility index (Phi) is 5.53. The second-order valence-corrected chi connectivity index (χ2v) is 6.06. The lowest BCUT2D eigenvalue weighted by molar-refractivity contribution is -0.121. The van der Waals surface area contributed by atoms with Crippen molar-refractivity contribution in [3.63, 3.8) is 0 Å². The third kappa shape index (κ3) is 3.85. The predicted molar refractivity (Wildman–Crippen MR) is 89.0 cm³/mol. The van der Waals surface area contributed by atoms with Gasteiger partial charge in [-0.15, -0.1) is 0 Å². The van der Waals surface area contributed by atoms with Crippen LogP contribution in [0.2, 0.25) is 0 Å². The molecule has 1 aliphatic rings. The van der Waals surface area contributed by atoms with E-state index >= 15 is 0 Å². The molecule has 0 radical (unpaired) electrons. The number of carbonyl (C=O) groups is 1. The third-order valence-corrected chi connectivity index (χ3v) is 4.29. The molecular formula is C19H25NO2. The van der Waals surface area contributed by atoms with Crippen LogP contribution in [0.1, 0.15) is 57.7 Å². The molecule has 0 saturated heterocycles.